The lowest BCUT2D eigenvalue weighted by Crippen LogP contribution is -2.44. The molecule has 1 aliphatic rings. The summed E-state index contributed by atoms with van der Waals surface area (Å²) in [6.07, 6.45) is 6.14. The van der Waals surface area contributed by atoms with Crippen molar-refractivity contribution in [3.05, 3.63) is 29.8 Å². The molecule has 0 radical (unpaired) electrons. The van der Waals surface area contributed by atoms with Crippen molar-refractivity contribution in [2.24, 2.45) is 0 Å². The summed E-state index contributed by atoms with van der Waals surface area (Å²) in [6.45, 7) is 4.45. The fourth-order valence-corrected chi connectivity index (χ4v) is 3.13. The molecule has 1 N–H and O–H groups in total. The SMILES string of the molecule is CCCN1CCC(NC(=O)/C=C/c2ccc(OC(F)F)c(OCC)c2)CC1. The molecule has 0 atom stereocenters. The minimum atomic E-state index is -2.92. The summed E-state index contributed by atoms with van der Waals surface area (Å²) >= 11 is 0. The normalized spacial score (nSPS) is 16.0. The number of ether oxygens (including phenoxy) is 2. The van der Waals surface area contributed by atoms with E-state index in [9.17, 15) is 13.6 Å². The topological polar surface area (TPSA) is 50.8 Å². The van der Waals surface area contributed by atoms with Gasteiger partial charge >= 0.3 is 6.61 Å². The zero-order chi connectivity index (χ0) is 19.6. The number of alkyl halides is 2. The number of likely N-dealkylation sites (tertiary alicyclic amines) is 1. The van der Waals surface area contributed by atoms with Crippen LogP contribution in [0.4, 0.5) is 8.78 Å². The summed E-state index contributed by atoms with van der Waals surface area (Å²) in [5.41, 5.74) is 0.674. The number of hydrogen-bond acceptors (Lipinski definition) is 4. The zero-order valence-corrected chi connectivity index (χ0v) is 15.9. The van der Waals surface area contributed by atoms with Gasteiger partial charge in [0.1, 0.15) is 0 Å². The molecule has 2 rings (SSSR count). The van der Waals surface area contributed by atoms with E-state index >= 15 is 0 Å². The molecule has 0 bridgehead atoms. The molecule has 1 aromatic carbocycles. The molecule has 27 heavy (non-hydrogen) atoms. The number of halogens is 2. The first kappa shape index (κ1) is 21.2. The highest BCUT2D eigenvalue weighted by Crippen LogP contribution is 2.30. The average molecular weight is 382 g/mol. The van der Waals surface area contributed by atoms with Crippen molar-refractivity contribution in [3.8, 4) is 11.5 Å². The Hall–Kier alpha value is -2.15. The van der Waals surface area contributed by atoms with Gasteiger partial charge in [0.25, 0.3) is 0 Å². The molecular weight excluding hydrogens is 354 g/mol. The summed E-state index contributed by atoms with van der Waals surface area (Å²) in [5.74, 6) is 0.0470. The van der Waals surface area contributed by atoms with E-state index in [2.05, 4.69) is 21.9 Å². The lowest BCUT2D eigenvalue weighted by atomic mass is 10.0. The van der Waals surface area contributed by atoms with Crippen LogP contribution in [0.15, 0.2) is 24.3 Å². The second-order valence-electron chi connectivity index (χ2n) is 6.48. The van der Waals surface area contributed by atoms with Gasteiger partial charge in [-0.3, -0.25) is 4.79 Å². The number of rotatable bonds is 9. The van der Waals surface area contributed by atoms with E-state index in [4.69, 9.17) is 4.74 Å². The highest BCUT2D eigenvalue weighted by atomic mass is 19.3. The number of amides is 1. The standard InChI is InChI=1S/C20H28F2N2O3/c1-3-11-24-12-9-16(10-13-24)23-19(25)8-6-15-5-7-17(27-20(21)22)18(14-15)26-4-2/h5-8,14,16,20H,3-4,9-13H2,1-2H3,(H,23,25)/b8-6+. The van der Waals surface area contributed by atoms with Crippen LogP contribution in [0.2, 0.25) is 0 Å². The Morgan fingerprint density at radius 2 is 2.04 bits per heavy atom. The quantitative estimate of drug-likeness (QED) is 0.662. The average Bonchev–Trinajstić information content (AvgIpc) is 2.63. The second-order valence-corrected chi connectivity index (χ2v) is 6.48. The molecule has 0 aliphatic carbocycles. The third-order valence-electron chi connectivity index (χ3n) is 4.38. The summed E-state index contributed by atoms with van der Waals surface area (Å²) in [5, 5.41) is 3.02. The summed E-state index contributed by atoms with van der Waals surface area (Å²) in [4.78, 5) is 14.6. The van der Waals surface area contributed by atoms with Gasteiger partial charge in [0, 0.05) is 25.2 Å². The van der Waals surface area contributed by atoms with Crippen molar-refractivity contribution in [3.63, 3.8) is 0 Å². The predicted molar refractivity (Wildman–Crippen MR) is 101 cm³/mol. The smallest absolute Gasteiger partial charge is 0.387 e. The zero-order valence-electron chi connectivity index (χ0n) is 15.9. The van der Waals surface area contributed by atoms with Crippen LogP contribution in [0.25, 0.3) is 6.08 Å². The molecule has 1 amide bonds. The first-order valence-electron chi connectivity index (χ1n) is 9.44. The van der Waals surface area contributed by atoms with Gasteiger partial charge in [-0.15, -0.1) is 0 Å². The third-order valence-corrected chi connectivity index (χ3v) is 4.38. The van der Waals surface area contributed by atoms with Crippen LogP contribution in [0, 0.1) is 0 Å². The van der Waals surface area contributed by atoms with E-state index in [0.717, 1.165) is 38.9 Å². The third kappa shape index (κ3) is 7.17. The van der Waals surface area contributed by atoms with Crippen LogP contribution in [0.3, 0.4) is 0 Å². The van der Waals surface area contributed by atoms with Crippen molar-refractivity contribution >= 4 is 12.0 Å². The number of nitrogens with zero attached hydrogens (tertiary/aromatic N) is 1. The Balaban J connectivity index is 1.90. The van der Waals surface area contributed by atoms with Gasteiger partial charge in [0.15, 0.2) is 11.5 Å². The first-order chi connectivity index (χ1) is 13.0. The molecule has 0 spiro atoms. The molecular formula is C20H28F2N2O3. The number of carbonyl (C=O) groups is 1. The van der Waals surface area contributed by atoms with Crippen LogP contribution < -0.4 is 14.8 Å². The first-order valence-corrected chi connectivity index (χ1v) is 9.44. The molecule has 5 nitrogen and oxygen atoms in total. The monoisotopic (exact) mass is 382 g/mol. The van der Waals surface area contributed by atoms with Crippen LogP contribution in [-0.2, 0) is 4.79 Å². The van der Waals surface area contributed by atoms with Gasteiger partial charge in [-0.05, 0) is 56.5 Å². The molecule has 0 unspecified atom stereocenters. The molecule has 0 saturated carbocycles. The van der Waals surface area contributed by atoms with E-state index in [-0.39, 0.29) is 23.4 Å². The molecule has 150 valence electrons. The molecule has 1 heterocycles. The Morgan fingerprint density at radius 1 is 1.30 bits per heavy atom. The van der Waals surface area contributed by atoms with Crippen molar-refractivity contribution < 1.29 is 23.0 Å². The van der Waals surface area contributed by atoms with Crippen molar-refractivity contribution in [2.75, 3.05) is 26.2 Å². The number of nitrogens with one attached hydrogen (secondary N) is 1. The maximum absolute atomic E-state index is 12.4. The summed E-state index contributed by atoms with van der Waals surface area (Å²) in [7, 11) is 0. The van der Waals surface area contributed by atoms with Crippen molar-refractivity contribution in [2.45, 2.75) is 45.8 Å². The van der Waals surface area contributed by atoms with Gasteiger partial charge < -0.3 is 19.7 Å². The summed E-state index contributed by atoms with van der Waals surface area (Å²) in [6, 6.07) is 4.79. The Morgan fingerprint density at radius 3 is 2.67 bits per heavy atom. The highest BCUT2D eigenvalue weighted by Gasteiger charge is 2.19. The van der Waals surface area contributed by atoms with Gasteiger partial charge in [0.2, 0.25) is 5.91 Å². The Kier molecular flexibility index (Phi) is 8.51. The van der Waals surface area contributed by atoms with Gasteiger partial charge in [-0.1, -0.05) is 13.0 Å². The Labute approximate surface area is 159 Å². The van der Waals surface area contributed by atoms with Crippen molar-refractivity contribution in [1.82, 2.24) is 10.2 Å². The van der Waals surface area contributed by atoms with Crippen LogP contribution >= 0.6 is 0 Å². The lowest BCUT2D eigenvalue weighted by Gasteiger charge is -2.31. The minimum absolute atomic E-state index is 0.0210. The molecule has 1 fully saturated rings. The fourth-order valence-electron chi connectivity index (χ4n) is 3.13. The molecule has 1 aromatic rings. The number of carbonyl (C=O) groups excluding carboxylic acids is 1. The van der Waals surface area contributed by atoms with E-state index in [1.54, 1.807) is 25.1 Å². The highest BCUT2D eigenvalue weighted by molar-refractivity contribution is 5.92. The lowest BCUT2D eigenvalue weighted by molar-refractivity contribution is -0.117. The fraction of sp³-hybridized carbons (Fsp3) is 0.550. The van der Waals surface area contributed by atoms with Crippen LogP contribution in [0.1, 0.15) is 38.7 Å². The second kappa shape index (κ2) is 10.9. The molecule has 1 aliphatic heterocycles. The van der Waals surface area contributed by atoms with Gasteiger partial charge in [0.05, 0.1) is 6.61 Å². The number of hydrogen-bond donors (Lipinski definition) is 1. The van der Waals surface area contributed by atoms with Crippen LogP contribution in [0.5, 0.6) is 11.5 Å². The van der Waals surface area contributed by atoms with Crippen molar-refractivity contribution in [1.29, 1.82) is 0 Å². The number of piperidine rings is 1. The largest absolute Gasteiger partial charge is 0.490 e. The molecule has 1 saturated heterocycles. The van der Waals surface area contributed by atoms with E-state index in [1.165, 1.54) is 12.1 Å². The number of benzene rings is 1. The maximum atomic E-state index is 12.4. The maximum Gasteiger partial charge on any atom is 0.387 e. The molecule has 7 heteroatoms. The van der Waals surface area contributed by atoms with Crippen LogP contribution in [-0.4, -0.2) is 49.7 Å². The molecule has 0 aromatic heterocycles. The summed E-state index contributed by atoms with van der Waals surface area (Å²) < 4.78 is 34.7. The predicted octanol–water partition coefficient (Wildman–Crippen LogP) is 3.69. The Bertz CT molecular complexity index is 630. The van der Waals surface area contributed by atoms with E-state index in [0.29, 0.717) is 12.2 Å². The van der Waals surface area contributed by atoms with Gasteiger partial charge in [-0.25, -0.2) is 0 Å². The van der Waals surface area contributed by atoms with Gasteiger partial charge in [-0.2, -0.15) is 8.78 Å². The van der Waals surface area contributed by atoms with E-state index < -0.39 is 6.61 Å². The van der Waals surface area contributed by atoms with E-state index in [1.807, 2.05) is 0 Å². The minimum Gasteiger partial charge on any atom is -0.490 e.